The van der Waals surface area contributed by atoms with E-state index in [2.05, 4.69) is 4.98 Å². The first-order chi connectivity index (χ1) is 12.5. The van der Waals surface area contributed by atoms with Crippen LogP contribution in [0.1, 0.15) is 34.6 Å². The van der Waals surface area contributed by atoms with Gasteiger partial charge in [0, 0.05) is 42.7 Å². The molecule has 1 saturated heterocycles. The van der Waals surface area contributed by atoms with Crippen molar-refractivity contribution in [1.82, 2.24) is 14.3 Å². The summed E-state index contributed by atoms with van der Waals surface area (Å²) < 4.78 is 1.90. The third-order valence-electron chi connectivity index (χ3n) is 4.75. The number of aromatic nitrogens is 2. The number of imidazole rings is 1. The topological polar surface area (TPSA) is 80.8 Å². The van der Waals surface area contributed by atoms with Gasteiger partial charge in [0.25, 0.3) is 11.6 Å². The molecule has 3 aromatic rings. The van der Waals surface area contributed by atoms with Crippen molar-refractivity contribution in [3.05, 3.63) is 51.1 Å². The van der Waals surface area contributed by atoms with Crippen LogP contribution in [0.5, 0.6) is 0 Å². The van der Waals surface area contributed by atoms with E-state index in [4.69, 9.17) is 0 Å². The number of piperidine rings is 1. The fourth-order valence-corrected chi connectivity index (χ4v) is 4.38. The van der Waals surface area contributed by atoms with Crippen molar-refractivity contribution in [2.75, 3.05) is 13.1 Å². The van der Waals surface area contributed by atoms with Gasteiger partial charge in [-0.05, 0) is 26.2 Å². The molecule has 3 heterocycles. The molecule has 0 saturated carbocycles. The average Bonchev–Trinajstić information content (AvgIpc) is 3.22. The van der Waals surface area contributed by atoms with Crippen LogP contribution in [0, 0.1) is 17.0 Å². The van der Waals surface area contributed by atoms with Gasteiger partial charge < -0.3 is 4.90 Å². The number of hydrogen-bond donors (Lipinski definition) is 0. The van der Waals surface area contributed by atoms with Gasteiger partial charge in [-0.2, -0.15) is 0 Å². The number of benzene rings is 1. The van der Waals surface area contributed by atoms with Crippen molar-refractivity contribution in [1.29, 1.82) is 0 Å². The predicted octanol–water partition coefficient (Wildman–Crippen LogP) is 3.91. The highest BCUT2D eigenvalue weighted by molar-refractivity contribution is 7.19. The number of likely N-dealkylation sites (tertiary alicyclic amines) is 1. The molecule has 0 atom stereocenters. The lowest BCUT2D eigenvalue weighted by Crippen LogP contribution is -2.35. The molecule has 1 aliphatic heterocycles. The zero-order chi connectivity index (χ0) is 18.3. The van der Waals surface area contributed by atoms with Crippen LogP contribution in [0.2, 0.25) is 0 Å². The molecule has 0 N–H and O–H groups in total. The fourth-order valence-electron chi connectivity index (χ4n) is 3.31. The van der Waals surface area contributed by atoms with E-state index in [9.17, 15) is 14.9 Å². The molecule has 7 nitrogen and oxygen atoms in total. The number of thiazole rings is 1. The molecule has 1 fully saturated rings. The van der Waals surface area contributed by atoms with Crippen molar-refractivity contribution < 1.29 is 9.72 Å². The lowest BCUT2D eigenvalue weighted by Gasteiger charge is -2.26. The lowest BCUT2D eigenvalue weighted by atomic mass is 10.1. The Bertz CT molecular complexity index is 1000. The number of aryl methyl sites for hydroxylation is 1. The fraction of sp³-hybridized carbons (Fsp3) is 0.333. The van der Waals surface area contributed by atoms with Crippen molar-refractivity contribution in [3.8, 4) is 11.3 Å². The molecule has 0 unspecified atom stereocenters. The Hall–Kier alpha value is -2.74. The van der Waals surface area contributed by atoms with E-state index in [-0.39, 0.29) is 11.6 Å². The molecule has 2 aromatic heterocycles. The Morgan fingerprint density at radius 2 is 2.04 bits per heavy atom. The summed E-state index contributed by atoms with van der Waals surface area (Å²) in [6, 6.07) is 6.43. The van der Waals surface area contributed by atoms with Crippen LogP contribution in [0.4, 0.5) is 5.69 Å². The highest BCUT2D eigenvalue weighted by Crippen LogP contribution is 2.29. The molecule has 0 radical (unpaired) electrons. The van der Waals surface area contributed by atoms with Gasteiger partial charge in [-0.3, -0.25) is 19.3 Å². The Morgan fingerprint density at radius 1 is 1.27 bits per heavy atom. The number of fused-ring (bicyclic) bond motifs is 1. The van der Waals surface area contributed by atoms with Crippen LogP contribution >= 0.6 is 11.3 Å². The first-order valence-electron chi connectivity index (χ1n) is 8.57. The average molecular weight is 370 g/mol. The van der Waals surface area contributed by atoms with E-state index in [0.717, 1.165) is 41.5 Å². The van der Waals surface area contributed by atoms with Crippen LogP contribution < -0.4 is 0 Å². The standard InChI is InChI=1S/C18H18N4O3S/c1-12-16(17(23)20-8-3-2-4-9-20)26-18-19-15(11-21(12)18)13-6-5-7-14(10-13)22(24)25/h5-7,10-11H,2-4,8-9H2,1H3. The van der Waals surface area contributed by atoms with Gasteiger partial charge in [0.05, 0.1) is 10.6 Å². The number of carbonyl (C=O) groups is 1. The molecule has 0 bridgehead atoms. The third-order valence-corrected chi connectivity index (χ3v) is 5.89. The van der Waals surface area contributed by atoms with Gasteiger partial charge in [0.2, 0.25) is 0 Å². The van der Waals surface area contributed by atoms with E-state index < -0.39 is 4.92 Å². The number of non-ortho nitro benzene ring substituents is 1. The van der Waals surface area contributed by atoms with Crippen LogP contribution in [-0.2, 0) is 0 Å². The van der Waals surface area contributed by atoms with Crippen LogP contribution in [0.3, 0.4) is 0 Å². The maximum absolute atomic E-state index is 12.8. The molecule has 0 aliphatic carbocycles. The second-order valence-electron chi connectivity index (χ2n) is 6.46. The summed E-state index contributed by atoms with van der Waals surface area (Å²) >= 11 is 1.38. The van der Waals surface area contributed by atoms with Crippen molar-refractivity contribution in [2.24, 2.45) is 0 Å². The SMILES string of the molecule is Cc1c(C(=O)N2CCCCC2)sc2nc(-c3cccc([N+](=O)[O-])c3)cn12. The number of rotatable bonds is 3. The van der Waals surface area contributed by atoms with Crippen molar-refractivity contribution in [3.63, 3.8) is 0 Å². The van der Waals surface area contributed by atoms with Crippen molar-refractivity contribution >= 4 is 27.9 Å². The maximum atomic E-state index is 12.8. The number of carbonyl (C=O) groups excluding carboxylic acids is 1. The van der Waals surface area contributed by atoms with Gasteiger partial charge >= 0.3 is 0 Å². The van der Waals surface area contributed by atoms with Gasteiger partial charge in [-0.1, -0.05) is 23.5 Å². The maximum Gasteiger partial charge on any atom is 0.270 e. The van der Waals surface area contributed by atoms with Crippen LogP contribution in [-0.4, -0.2) is 38.2 Å². The number of nitrogens with zero attached hydrogens (tertiary/aromatic N) is 4. The monoisotopic (exact) mass is 370 g/mol. The smallest absolute Gasteiger partial charge is 0.270 e. The first kappa shape index (κ1) is 16.7. The van der Waals surface area contributed by atoms with Crippen LogP contribution in [0.25, 0.3) is 16.2 Å². The van der Waals surface area contributed by atoms with Crippen molar-refractivity contribution in [2.45, 2.75) is 26.2 Å². The van der Waals surface area contributed by atoms with E-state index in [0.29, 0.717) is 11.3 Å². The molecular weight excluding hydrogens is 352 g/mol. The van der Waals surface area contributed by atoms with Gasteiger partial charge in [-0.15, -0.1) is 0 Å². The molecule has 8 heteroatoms. The first-order valence-corrected chi connectivity index (χ1v) is 9.39. The zero-order valence-corrected chi connectivity index (χ0v) is 15.2. The predicted molar refractivity (Wildman–Crippen MR) is 99.7 cm³/mol. The second-order valence-corrected chi connectivity index (χ2v) is 7.43. The minimum Gasteiger partial charge on any atom is -0.338 e. The van der Waals surface area contributed by atoms with E-state index in [1.54, 1.807) is 12.1 Å². The number of nitro groups is 1. The van der Waals surface area contributed by atoms with E-state index in [1.165, 1.54) is 29.9 Å². The summed E-state index contributed by atoms with van der Waals surface area (Å²) in [5, 5.41) is 11.0. The summed E-state index contributed by atoms with van der Waals surface area (Å²) in [6.45, 7) is 3.55. The Morgan fingerprint density at radius 3 is 2.73 bits per heavy atom. The highest BCUT2D eigenvalue weighted by atomic mass is 32.1. The molecular formula is C18H18N4O3S. The van der Waals surface area contributed by atoms with Gasteiger partial charge in [0.1, 0.15) is 4.88 Å². The Labute approximate surface area is 154 Å². The second kappa shape index (κ2) is 6.53. The van der Waals surface area contributed by atoms with Gasteiger partial charge in [-0.25, -0.2) is 4.98 Å². The number of nitro benzene ring substituents is 1. The lowest BCUT2D eigenvalue weighted by molar-refractivity contribution is -0.384. The third kappa shape index (κ3) is 2.86. The summed E-state index contributed by atoms with van der Waals surface area (Å²) in [6.07, 6.45) is 5.14. The number of hydrogen-bond acceptors (Lipinski definition) is 5. The minimum atomic E-state index is -0.414. The Kier molecular flexibility index (Phi) is 4.20. The molecule has 0 spiro atoms. The normalized spacial score (nSPS) is 14.7. The molecule has 134 valence electrons. The summed E-state index contributed by atoms with van der Waals surface area (Å²) in [4.78, 5) is 31.3. The molecule has 4 rings (SSSR count). The molecule has 26 heavy (non-hydrogen) atoms. The largest absolute Gasteiger partial charge is 0.338 e. The highest BCUT2D eigenvalue weighted by Gasteiger charge is 2.24. The molecule has 1 amide bonds. The van der Waals surface area contributed by atoms with E-state index in [1.807, 2.05) is 22.4 Å². The Balaban J connectivity index is 1.68. The quantitative estimate of drug-likeness (QED) is 0.517. The summed E-state index contributed by atoms with van der Waals surface area (Å²) in [5.41, 5.74) is 2.26. The van der Waals surface area contributed by atoms with Crippen LogP contribution in [0.15, 0.2) is 30.5 Å². The minimum absolute atomic E-state index is 0.0385. The number of amides is 1. The summed E-state index contributed by atoms with van der Waals surface area (Å²) in [5.74, 6) is 0.0783. The molecule has 1 aliphatic rings. The zero-order valence-electron chi connectivity index (χ0n) is 14.3. The van der Waals surface area contributed by atoms with E-state index >= 15 is 0 Å². The van der Waals surface area contributed by atoms with Gasteiger partial charge in [0.15, 0.2) is 4.96 Å². The molecule has 1 aromatic carbocycles. The summed E-state index contributed by atoms with van der Waals surface area (Å²) in [7, 11) is 0.